The molecule has 0 atom stereocenters. The van der Waals surface area contributed by atoms with E-state index in [0.29, 0.717) is 6.61 Å². The van der Waals surface area contributed by atoms with E-state index in [2.05, 4.69) is 14.7 Å². The summed E-state index contributed by atoms with van der Waals surface area (Å²) in [5, 5.41) is 3.97. The Balaban J connectivity index is 2.14. The Morgan fingerprint density at radius 3 is 2.85 bits per heavy atom. The van der Waals surface area contributed by atoms with Crippen molar-refractivity contribution in [3.05, 3.63) is 29.6 Å². The van der Waals surface area contributed by atoms with Crippen LogP contribution in [0, 0.1) is 13.8 Å². The summed E-state index contributed by atoms with van der Waals surface area (Å²) >= 11 is 1.37. The molecule has 0 amide bonds. The molecule has 0 radical (unpaired) electrons. The molecule has 6 heteroatoms. The summed E-state index contributed by atoms with van der Waals surface area (Å²) in [7, 11) is 0. The number of aromatic nitrogens is 2. The Bertz CT molecular complexity index is 610. The van der Waals surface area contributed by atoms with E-state index >= 15 is 0 Å². The second kappa shape index (κ2) is 6.47. The van der Waals surface area contributed by atoms with Gasteiger partial charge in [0.2, 0.25) is 0 Å². The van der Waals surface area contributed by atoms with Crippen LogP contribution in [0.2, 0.25) is 0 Å². The van der Waals surface area contributed by atoms with Gasteiger partial charge in [-0.3, -0.25) is 4.79 Å². The van der Waals surface area contributed by atoms with Crippen molar-refractivity contribution in [1.82, 2.24) is 9.36 Å². The molecule has 0 bridgehead atoms. The van der Waals surface area contributed by atoms with Gasteiger partial charge in [0.05, 0.1) is 6.61 Å². The van der Waals surface area contributed by atoms with Gasteiger partial charge < -0.3 is 10.1 Å². The first-order chi connectivity index (χ1) is 9.60. The van der Waals surface area contributed by atoms with Crippen LogP contribution in [0.4, 0.5) is 5.69 Å². The molecule has 0 aliphatic carbocycles. The molecule has 1 aromatic heterocycles. The van der Waals surface area contributed by atoms with Gasteiger partial charge in [-0.1, -0.05) is 12.1 Å². The fourth-order valence-electron chi connectivity index (χ4n) is 1.74. The Labute approximate surface area is 122 Å². The summed E-state index contributed by atoms with van der Waals surface area (Å²) in [6, 6.07) is 5.99. The monoisotopic (exact) mass is 291 g/mol. The number of anilines is 1. The summed E-state index contributed by atoms with van der Waals surface area (Å²) in [5.74, 6) is 0.510. The van der Waals surface area contributed by atoms with E-state index in [1.165, 1.54) is 11.5 Å². The summed E-state index contributed by atoms with van der Waals surface area (Å²) in [6.45, 7) is 6.20. The maximum Gasteiger partial charge on any atom is 0.325 e. The van der Waals surface area contributed by atoms with Gasteiger partial charge >= 0.3 is 5.97 Å². The number of carbonyl (C=O) groups is 1. The molecule has 0 unspecified atom stereocenters. The number of hydrogen-bond donors (Lipinski definition) is 1. The number of ether oxygens (including phenoxy) is 1. The van der Waals surface area contributed by atoms with Gasteiger partial charge in [-0.2, -0.15) is 4.37 Å². The zero-order valence-corrected chi connectivity index (χ0v) is 12.6. The summed E-state index contributed by atoms with van der Waals surface area (Å²) in [4.78, 5) is 15.7. The van der Waals surface area contributed by atoms with Crippen molar-refractivity contribution in [3.8, 4) is 10.6 Å². The standard InChI is InChI=1S/C14H17N3O2S/c1-4-19-13(18)8-15-12-7-11(6-5-9(12)2)14-16-10(3)17-20-14/h5-7,15H,4,8H2,1-3H3. The number of esters is 1. The molecule has 2 rings (SSSR count). The molecule has 0 saturated heterocycles. The van der Waals surface area contributed by atoms with Gasteiger partial charge in [0.1, 0.15) is 17.4 Å². The van der Waals surface area contributed by atoms with Gasteiger partial charge in [-0.15, -0.1) is 0 Å². The van der Waals surface area contributed by atoms with Crippen molar-refractivity contribution < 1.29 is 9.53 Å². The van der Waals surface area contributed by atoms with Gasteiger partial charge in [0, 0.05) is 11.3 Å². The van der Waals surface area contributed by atoms with Crippen LogP contribution in [0.5, 0.6) is 0 Å². The highest BCUT2D eigenvalue weighted by Gasteiger charge is 2.08. The largest absolute Gasteiger partial charge is 0.465 e. The van der Waals surface area contributed by atoms with Crippen LogP contribution in [0.25, 0.3) is 10.6 Å². The SMILES string of the molecule is CCOC(=O)CNc1cc(-c2nc(C)ns2)ccc1C. The lowest BCUT2D eigenvalue weighted by atomic mass is 10.1. The average molecular weight is 291 g/mol. The van der Waals surface area contributed by atoms with Crippen molar-refractivity contribution in [3.63, 3.8) is 0 Å². The molecule has 1 N–H and O–H groups in total. The van der Waals surface area contributed by atoms with Crippen LogP contribution in [0.15, 0.2) is 18.2 Å². The Kier molecular flexibility index (Phi) is 4.68. The number of carbonyl (C=O) groups excluding carboxylic acids is 1. The van der Waals surface area contributed by atoms with Gasteiger partial charge in [-0.05, 0) is 43.9 Å². The molecule has 1 aromatic carbocycles. The van der Waals surface area contributed by atoms with E-state index < -0.39 is 0 Å². The highest BCUT2D eigenvalue weighted by atomic mass is 32.1. The number of nitrogens with one attached hydrogen (secondary N) is 1. The lowest BCUT2D eigenvalue weighted by molar-refractivity contribution is -0.140. The van der Waals surface area contributed by atoms with Crippen molar-refractivity contribution >= 4 is 23.2 Å². The fourth-order valence-corrected chi connectivity index (χ4v) is 2.40. The van der Waals surface area contributed by atoms with Crippen molar-refractivity contribution in [2.75, 3.05) is 18.5 Å². The highest BCUT2D eigenvalue weighted by Crippen LogP contribution is 2.26. The van der Waals surface area contributed by atoms with E-state index in [9.17, 15) is 4.79 Å². The first-order valence-electron chi connectivity index (χ1n) is 6.41. The summed E-state index contributed by atoms with van der Waals surface area (Å²) in [6.07, 6.45) is 0. The molecule has 0 saturated carbocycles. The smallest absolute Gasteiger partial charge is 0.325 e. The predicted molar refractivity (Wildman–Crippen MR) is 79.9 cm³/mol. The van der Waals surface area contributed by atoms with E-state index in [-0.39, 0.29) is 12.5 Å². The molecule has 1 heterocycles. The third-order valence-corrected chi connectivity index (χ3v) is 3.60. The van der Waals surface area contributed by atoms with Crippen molar-refractivity contribution in [2.45, 2.75) is 20.8 Å². The molecule has 0 spiro atoms. The molecule has 5 nitrogen and oxygen atoms in total. The minimum atomic E-state index is -0.260. The zero-order chi connectivity index (χ0) is 14.5. The number of aryl methyl sites for hydroxylation is 2. The third kappa shape index (κ3) is 3.54. The van der Waals surface area contributed by atoms with Crippen LogP contribution in [0.3, 0.4) is 0 Å². The maximum atomic E-state index is 11.4. The summed E-state index contributed by atoms with van der Waals surface area (Å²) in [5.41, 5.74) is 2.97. The van der Waals surface area contributed by atoms with E-state index in [1.807, 2.05) is 32.0 Å². The van der Waals surface area contributed by atoms with Crippen LogP contribution in [0.1, 0.15) is 18.3 Å². The van der Waals surface area contributed by atoms with E-state index in [4.69, 9.17) is 4.74 Å². The molecule has 0 fully saturated rings. The topological polar surface area (TPSA) is 64.1 Å². The second-order valence-corrected chi connectivity index (χ2v) is 5.09. The van der Waals surface area contributed by atoms with Crippen LogP contribution in [-0.2, 0) is 9.53 Å². The number of rotatable bonds is 5. The third-order valence-electron chi connectivity index (χ3n) is 2.74. The number of nitrogens with zero attached hydrogens (tertiary/aromatic N) is 2. The van der Waals surface area contributed by atoms with Crippen LogP contribution < -0.4 is 5.32 Å². The van der Waals surface area contributed by atoms with E-state index in [0.717, 1.165) is 27.6 Å². The quantitative estimate of drug-likeness (QED) is 0.858. The maximum absolute atomic E-state index is 11.4. The summed E-state index contributed by atoms with van der Waals surface area (Å²) < 4.78 is 9.08. The molecular weight excluding hydrogens is 274 g/mol. The van der Waals surface area contributed by atoms with Gasteiger partial charge in [0.15, 0.2) is 0 Å². The van der Waals surface area contributed by atoms with Crippen molar-refractivity contribution in [2.24, 2.45) is 0 Å². The lowest BCUT2D eigenvalue weighted by Crippen LogP contribution is -2.17. The Morgan fingerprint density at radius 1 is 1.40 bits per heavy atom. The lowest BCUT2D eigenvalue weighted by Gasteiger charge is -2.10. The molecule has 20 heavy (non-hydrogen) atoms. The normalized spacial score (nSPS) is 10.3. The Hall–Kier alpha value is -1.95. The Morgan fingerprint density at radius 2 is 2.20 bits per heavy atom. The number of hydrogen-bond acceptors (Lipinski definition) is 6. The van der Waals surface area contributed by atoms with Gasteiger partial charge in [-0.25, -0.2) is 4.98 Å². The first kappa shape index (κ1) is 14.5. The highest BCUT2D eigenvalue weighted by molar-refractivity contribution is 7.09. The molecule has 2 aromatic rings. The molecule has 106 valence electrons. The average Bonchev–Trinajstić information content (AvgIpc) is 2.85. The van der Waals surface area contributed by atoms with Crippen molar-refractivity contribution in [1.29, 1.82) is 0 Å². The molecule has 0 aliphatic heterocycles. The minimum absolute atomic E-state index is 0.160. The number of benzene rings is 1. The molecule has 0 aliphatic rings. The minimum Gasteiger partial charge on any atom is -0.465 e. The second-order valence-electron chi connectivity index (χ2n) is 4.34. The molecular formula is C14H17N3O2S. The van der Waals surface area contributed by atoms with Crippen LogP contribution >= 0.6 is 11.5 Å². The van der Waals surface area contributed by atoms with Gasteiger partial charge in [0.25, 0.3) is 0 Å². The van der Waals surface area contributed by atoms with Crippen LogP contribution in [-0.4, -0.2) is 28.5 Å². The predicted octanol–water partition coefficient (Wildman–Crippen LogP) is 2.80. The van der Waals surface area contributed by atoms with E-state index in [1.54, 1.807) is 6.92 Å². The zero-order valence-electron chi connectivity index (χ0n) is 11.8. The first-order valence-corrected chi connectivity index (χ1v) is 7.18. The fraction of sp³-hybridized carbons (Fsp3) is 0.357.